The highest BCUT2D eigenvalue weighted by atomic mass is 16.6. The van der Waals surface area contributed by atoms with Gasteiger partial charge in [-0.25, -0.2) is 0 Å². The Labute approximate surface area is 139 Å². The van der Waals surface area contributed by atoms with E-state index in [1.807, 2.05) is 6.92 Å². The lowest BCUT2D eigenvalue weighted by atomic mass is 10.2. The van der Waals surface area contributed by atoms with Crippen LogP contribution in [0.5, 0.6) is 5.75 Å². The number of carbonyl (C=O) groups excluding carboxylic acids is 1. The van der Waals surface area contributed by atoms with E-state index in [0.29, 0.717) is 31.3 Å². The first-order chi connectivity index (χ1) is 11.6. The van der Waals surface area contributed by atoms with Crippen LogP contribution in [-0.2, 0) is 4.74 Å². The average Bonchev–Trinajstić information content (AvgIpc) is 2.59. The van der Waals surface area contributed by atoms with E-state index >= 15 is 0 Å². The molecule has 1 amide bonds. The predicted molar refractivity (Wildman–Crippen MR) is 89.5 cm³/mol. The van der Waals surface area contributed by atoms with Crippen molar-refractivity contribution in [3.63, 3.8) is 0 Å². The molecule has 0 fully saturated rings. The molecule has 24 heavy (non-hydrogen) atoms. The second-order valence-electron chi connectivity index (χ2n) is 4.83. The number of nitrogens with one attached hydrogen (secondary N) is 1. The van der Waals surface area contributed by atoms with Gasteiger partial charge in [0.25, 0.3) is 11.6 Å². The molecule has 0 atom stereocenters. The molecule has 2 aromatic rings. The lowest BCUT2D eigenvalue weighted by molar-refractivity contribution is -0.384. The number of nitro groups is 1. The highest BCUT2D eigenvalue weighted by Gasteiger charge is 2.11. The van der Waals surface area contributed by atoms with Gasteiger partial charge in [-0.2, -0.15) is 0 Å². The summed E-state index contributed by atoms with van der Waals surface area (Å²) in [5.41, 5.74) is 0.628. The third-order valence-corrected chi connectivity index (χ3v) is 3.11. The van der Waals surface area contributed by atoms with Crippen molar-refractivity contribution in [1.82, 2.24) is 0 Å². The van der Waals surface area contributed by atoms with Crippen LogP contribution in [0, 0.1) is 10.1 Å². The molecule has 0 saturated carbocycles. The number of ether oxygens (including phenoxy) is 2. The minimum Gasteiger partial charge on any atom is -0.491 e. The lowest BCUT2D eigenvalue weighted by Gasteiger charge is -2.09. The number of benzene rings is 2. The van der Waals surface area contributed by atoms with Crippen LogP contribution in [0.3, 0.4) is 0 Å². The van der Waals surface area contributed by atoms with E-state index in [-0.39, 0.29) is 11.3 Å². The molecule has 0 unspecified atom stereocenters. The summed E-state index contributed by atoms with van der Waals surface area (Å²) < 4.78 is 10.7. The highest BCUT2D eigenvalue weighted by molar-refractivity contribution is 6.04. The van der Waals surface area contributed by atoms with Gasteiger partial charge in [0.15, 0.2) is 0 Å². The first kappa shape index (κ1) is 17.4. The summed E-state index contributed by atoms with van der Waals surface area (Å²) in [5.74, 6) is 0.178. The van der Waals surface area contributed by atoms with E-state index in [4.69, 9.17) is 9.47 Å². The van der Waals surface area contributed by atoms with Gasteiger partial charge in [-0.15, -0.1) is 0 Å². The number of hydrogen-bond acceptors (Lipinski definition) is 5. The van der Waals surface area contributed by atoms with Gasteiger partial charge in [0.1, 0.15) is 12.4 Å². The maximum Gasteiger partial charge on any atom is 0.270 e. The maximum atomic E-state index is 12.2. The number of hydrogen-bond donors (Lipinski definition) is 1. The summed E-state index contributed by atoms with van der Waals surface area (Å²) >= 11 is 0. The van der Waals surface area contributed by atoms with Crippen molar-refractivity contribution >= 4 is 17.3 Å². The summed E-state index contributed by atoms with van der Waals surface area (Å²) in [6.45, 7) is 3.43. The summed E-state index contributed by atoms with van der Waals surface area (Å²) in [6, 6.07) is 12.5. The summed E-state index contributed by atoms with van der Waals surface area (Å²) in [7, 11) is 0. The van der Waals surface area contributed by atoms with Crippen molar-refractivity contribution in [1.29, 1.82) is 0 Å². The fraction of sp³-hybridized carbons (Fsp3) is 0.235. The summed E-state index contributed by atoms with van der Waals surface area (Å²) in [4.78, 5) is 22.4. The van der Waals surface area contributed by atoms with Gasteiger partial charge in [0.05, 0.1) is 11.5 Å². The third kappa shape index (κ3) is 5.06. The monoisotopic (exact) mass is 330 g/mol. The Balaban J connectivity index is 2.01. The molecule has 2 rings (SSSR count). The van der Waals surface area contributed by atoms with Gasteiger partial charge >= 0.3 is 0 Å². The van der Waals surface area contributed by atoms with Crippen LogP contribution < -0.4 is 10.1 Å². The van der Waals surface area contributed by atoms with Crippen molar-refractivity contribution in [3.8, 4) is 5.75 Å². The quantitative estimate of drug-likeness (QED) is 0.456. The van der Waals surface area contributed by atoms with E-state index in [9.17, 15) is 14.9 Å². The van der Waals surface area contributed by atoms with Gasteiger partial charge in [-0.05, 0) is 25.1 Å². The average molecular weight is 330 g/mol. The van der Waals surface area contributed by atoms with Gasteiger partial charge < -0.3 is 14.8 Å². The Morgan fingerprint density at radius 1 is 1.17 bits per heavy atom. The maximum absolute atomic E-state index is 12.2. The molecule has 2 aromatic carbocycles. The molecule has 0 heterocycles. The standard InChI is InChI=1S/C17H18N2O5/c1-2-23-9-10-24-16-8-4-6-14(12-16)18-17(20)13-5-3-7-15(11-13)19(21)22/h3-8,11-12H,2,9-10H2,1H3,(H,18,20). The molecule has 7 nitrogen and oxygen atoms in total. The molecule has 0 aliphatic carbocycles. The fourth-order valence-corrected chi connectivity index (χ4v) is 1.99. The number of non-ortho nitro benzene ring substituents is 1. The van der Waals surface area contributed by atoms with Crippen LogP contribution in [0.2, 0.25) is 0 Å². The Kier molecular flexibility index (Phi) is 6.27. The second-order valence-corrected chi connectivity index (χ2v) is 4.83. The van der Waals surface area contributed by atoms with Gasteiger partial charge in [-0.1, -0.05) is 12.1 Å². The zero-order valence-electron chi connectivity index (χ0n) is 13.2. The van der Waals surface area contributed by atoms with Crippen LogP contribution in [-0.4, -0.2) is 30.7 Å². The first-order valence-electron chi connectivity index (χ1n) is 7.46. The van der Waals surface area contributed by atoms with E-state index in [1.165, 1.54) is 24.3 Å². The van der Waals surface area contributed by atoms with E-state index in [2.05, 4.69) is 5.32 Å². The normalized spacial score (nSPS) is 10.2. The van der Waals surface area contributed by atoms with Crippen molar-refractivity contribution in [2.75, 3.05) is 25.1 Å². The van der Waals surface area contributed by atoms with Gasteiger partial charge in [-0.3, -0.25) is 14.9 Å². The molecule has 0 aliphatic heterocycles. The Hall–Kier alpha value is -2.93. The Morgan fingerprint density at radius 3 is 2.71 bits per heavy atom. The fourth-order valence-electron chi connectivity index (χ4n) is 1.99. The van der Waals surface area contributed by atoms with Crippen LogP contribution in [0.15, 0.2) is 48.5 Å². The van der Waals surface area contributed by atoms with Gasteiger partial charge in [0.2, 0.25) is 0 Å². The molecule has 7 heteroatoms. The van der Waals surface area contributed by atoms with Crippen LogP contribution >= 0.6 is 0 Å². The molecule has 0 bridgehead atoms. The zero-order chi connectivity index (χ0) is 17.4. The molecule has 0 spiro atoms. The molecular weight excluding hydrogens is 312 g/mol. The largest absolute Gasteiger partial charge is 0.491 e. The van der Waals surface area contributed by atoms with E-state index in [0.717, 1.165) is 0 Å². The number of amides is 1. The van der Waals surface area contributed by atoms with Crippen LogP contribution in [0.1, 0.15) is 17.3 Å². The first-order valence-corrected chi connectivity index (χ1v) is 7.46. The number of carbonyl (C=O) groups is 1. The molecule has 0 radical (unpaired) electrons. The smallest absolute Gasteiger partial charge is 0.270 e. The van der Waals surface area contributed by atoms with Crippen LogP contribution in [0.4, 0.5) is 11.4 Å². The van der Waals surface area contributed by atoms with Gasteiger partial charge in [0, 0.05) is 36.1 Å². The summed E-state index contributed by atoms with van der Waals surface area (Å²) in [6.07, 6.45) is 0. The minimum atomic E-state index is -0.538. The number of nitrogens with zero attached hydrogens (tertiary/aromatic N) is 1. The highest BCUT2D eigenvalue weighted by Crippen LogP contribution is 2.19. The van der Waals surface area contributed by atoms with E-state index < -0.39 is 10.8 Å². The van der Waals surface area contributed by atoms with Crippen molar-refractivity contribution in [3.05, 3.63) is 64.2 Å². The second kappa shape index (κ2) is 8.64. The molecular formula is C17H18N2O5. The van der Waals surface area contributed by atoms with Crippen molar-refractivity contribution in [2.24, 2.45) is 0 Å². The zero-order valence-corrected chi connectivity index (χ0v) is 13.2. The number of anilines is 1. The predicted octanol–water partition coefficient (Wildman–Crippen LogP) is 3.26. The Morgan fingerprint density at radius 2 is 1.96 bits per heavy atom. The molecule has 0 aliphatic rings. The third-order valence-electron chi connectivity index (χ3n) is 3.11. The molecule has 1 N–H and O–H groups in total. The lowest BCUT2D eigenvalue weighted by Crippen LogP contribution is -2.12. The Bertz CT molecular complexity index is 718. The SMILES string of the molecule is CCOCCOc1cccc(NC(=O)c2cccc([N+](=O)[O-])c2)c1. The minimum absolute atomic E-state index is 0.129. The van der Waals surface area contributed by atoms with Crippen LogP contribution in [0.25, 0.3) is 0 Å². The van der Waals surface area contributed by atoms with Crippen molar-refractivity contribution < 1.29 is 19.2 Å². The molecule has 0 aromatic heterocycles. The summed E-state index contributed by atoms with van der Waals surface area (Å²) in [5, 5.41) is 13.5. The number of nitro benzene ring substituents is 1. The van der Waals surface area contributed by atoms with Crippen molar-refractivity contribution in [2.45, 2.75) is 6.92 Å². The van der Waals surface area contributed by atoms with E-state index in [1.54, 1.807) is 24.3 Å². The molecule has 0 saturated heterocycles. The number of rotatable bonds is 8. The molecule has 126 valence electrons. The topological polar surface area (TPSA) is 90.7 Å².